The van der Waals surface area contributed by atoms with Crippen molar-refractivity contribution >= 4 is 70.5 Å². The monoisotopic (exact) mass is 1350 g/mol. The molecule has 21 nitrogen and oxygen atoms in total. The quantitative estimate of drug-likeness (QED) is 0.0129. The van der Waals surface area contributed by atoms with Gasteiger partial charge in [-0.05, 0) is 214 Å². The average molecular weight is 1350 g/mol. The van der Waals surface area contributed by atoms with Crippen LogP contribution in [0.25, 0.3) is 9.69 Å². The highest BCUT2D eigenvalue weighted by molar-refractivity contribution is 5.98. The van der Waals surface area contributed by atoms with Crippen molar-refractivity contribution in [3.05, 3.63) is 172 Å². The number of ketones is 1. The van der Waals surface area contributed by atoms with E-state index >= 15 is 0 Å². The highest BCUT2D eigenvalue weighted by Gasteiger charge is 2.33. The fourth-order valence-electron chi connectivity index (χ4n) is 10.3. The molecular formula is C77H102N8O13. The molecule has 4 aliphatic carbocycles. The maximum atomic E-state index is 12.6. The number of benzene rings is 5. The standard InChI is InChI=1S/C17H25N3O3.C17H22N2O2.C13H15N.C10H18O5.C8H8O2.C7H6N2.C5H8O/c1-17(2,3)23-16(21)20(13-6-4-5-7-13)14-10-8-12(9-11-14)15(18)19-22;1-17(2,3)21-16(20)19(14-7-5-6-8-14)15-11-9-13(18-4)10-12-15;1-14-13-8-6-12(7-9-13)10-11-4-2-3-5-11;1-9(2,3)14-7(11)13-8(12)15-10(4,5)6;1-6-2-4-7(5-3-6)8(9)10;8-5-6-1-3-7(9)4-2-6;6-5-3-1-2-4-5/h8-11,13,22H,4-7H2,1-3H3,(H2,18,19);9-12,14H,5-8H2,1-3H3;6-9,11H,2-5,10H2;1-6H3;2-5H,1H3,(H,9,10);1-4H,9H2;1-4H2. The number of ether oxygens (including phenoxy) is 5. The predicted octanol–water partition coefficient (Wildman–Crippen LogP) is 19.2. The minimum Gasteiger partial charge on any atom is -0.478 e. The molecule has 9 rings (SSSR count). The van der Waals surface area contributed by atoms with Crippen molar-refractivity contribution in [1.82, 2.24) is 0 Å². The van der Waals surface area contributed by atoms with Crippen LogP contribution in [0.2, 0.25) is 0 Å². The molecule has 2 amide bonds. The first kappa shape index (κ1) is 82.3. The van der Waals surface area contributed by atoms with Crippen molar-refractivity contribution < 1.29 is 62.8 Å². The summed E-state index contributed by atoms with van der Waals surface area (Å²) in [5.74, 6) is 0.519. The third-order valence-corrected chi connectivity index (χ3v) is 14.9. The van der Waals surface area contributed by atoms with Crippen LogP contribution in [-0.4, -0.2) is 86.9 Å². The highest BCUT2D eigenvalue weighted by atomic mass is 16.8. The molecule has 4 saturated carbocycles. The predicted molar refractivity (Wildman–Crippen MR) is 383 cm³/mol. The number of amidine groups is 1. The van der Waals surface area contributed by atoms with Crippen LogP contribution in [0, 0.1) is 37.3 Å². The number of rotatable bonds is 8. The summed E-state index contributed by atoms with van der Waals surface area (Å²) >= 11 is 0. The van der Waals surface area contributed by atoms with Gasteiger partial charge in [0.05, 0.1) is 30.3 Å². The summed E-state index contributed by atoms with van der Waals surface area (Å²) in [5, 5.41) is 28.5. The van der Waals surface area contributed by atoms with Crippen molar-refractivity contribution in [2.45, 2.75) is 234 Å². The zero-order valence-corrected chi connectivity index (χ0v) is 59.5. The van der Waals surface area contributed by atoms with E-state index in [2.05, 4.69) is 31.7 Å². The fraction of sp³-hybridized carbons (Fsp3) is 0.481. The Kier molecular flexibility index (Phi) is 34.1. The Balaban J connectivity index is 0.000000308. The molecule has 21 heteroatoms. The van der Waals surface area contributed by atoms with Gasteiger partial charge in [-0.25, -0.2) is 33.7 Å². The number of carbonyl (C=O) groups is 6. The molecule has 5 aromatic carbocycles. The van der Waals surface area contributed by atoms with Gasteiger partial charge in [0.2, 0.25) is 0 Å². The van der Waals surface area contributed by atoms with E-state index in [9.17, 15) is 28.8 Å². The molecular weight excluding hydrogens is 1240 g/mol. The van der Waals surface area contributed by atoms with Crippen molar-refractivity contribution in [3.63, 3.8) is 0 Å². The van der Waals surface area contributed by atoms with Crippen LogP contribution in [0.3, 0.4) is 0 Å². The summed E-state index contributed by atoms with van der Waals surface area (Å²) in [7, 11) is 0. The maximum Gasteiger partial charge on any atom is 0.519 e. The number of anilines is 3. The lowest BCUT2D eigenvalue weighted by atomic mass is 9.98. The zero-order chi connectivity index (χ0) is 73.2. The SMILES string of the molecule is CC(C)(C)OC(=O)N(c1ccc(/C(N)=N/O)cc1)C1CCCC1.CC(C)(C)OC(=O)OC(=O)OC(C)(C)C.Cc1ccc(C(=O)O)cc1.N#Cc1ccc(N)cc1.O=C1CCCC1.[C-]#[N+]c1ccc(CC2CCCC2)cc1.[C-]#[N+]c1ccc(N(C(=O)OC(C)(C)C)C2CCCC2)cc1. The van der Waals surface area contributed by atoms with Crippen molar-refractivity contribution in [3.8, 4) is 6.07 Å². The number of hydrogen-bond acceptors (Lipinski definition) is 15. The Bertz CT molecular complexity index is 3420. The van der Waals surface area contributed by atoms with Gasteiger partial charge in [-0.3, -0.25) is 14.6 Å². The first-order valence-corrected chi connectivity index (χ1v) is 33.3. The van der Waals surface area contributed by atoms with Crippen LogP contribution in [0.5, 0.6) is 0 Å². The lowest BCUT2D eigenvalue weighted by Gasteiger charge is -2.31. The molecule has 6 N–H and O–H groups in total. The van der Waals surface area contributed by atoms with Gasteiger partial charge in [-0.15, -0.1) is 0 Å². The zero-order valence-electron chi connectivity index (χ0n) is 59.5. The van der Waals surface area contributed by atoms with Crippen molar-refractivity contribution in [2.24, 2.45) is 16.8 Å². The number of nitrogen functional groups attached to an aromatic ring is 1. The van der Waals surface area contributed by atoms with E-state index in [1.54, 1.807) is 136 Å². The van der Waals surface area contributed by atoms with E-state index in [4.69, 9.17) is 59.1 Å². The number of amides is 2. The molecule has 4 aliphatic rings. The second-order valence-corrected chi connectivity index (χ2v) is 28.1. The number of carbonyl (C=O) groups excluding carboxylic acids is 5. The third kappa shape index (κ3) is 33.6. The Morgan fingerprint density at radius 1 is 0.551 bits per heavy atom. The summed E-state index contributed by atoms with van der Waals surface area (Å²) in [6.45, 7) is 37.0. The van der Waals surface area contributed by atoms with Gasteiger partial charge < -0.3 is 45.5 Å². The number of carboxylic acid groups (broad SMARTS) is 1. The smallest absolute Gasteiger partial charge is 0.478 e. The van der Waals surface area contributed by atoms with Crippen LogP contribution < -0.4 is 21.3 Å². The normalized spacial score (nSPS) is 14.5. The third-order valence-electron chi connectivity index (χ3n) is 14.9. The molecule has 0 spiro atoms. The van der Waals surface area contributed by atoms with Crippen LogP contribution in [0.4, 0.5) is 47.6 Å². The Morgan fingerprint density at radius 2 is 0.918 bits per heavy atom. The van der Waals surface area contributed by atoms with Gasteiger partial charge in [-0.1, -0.05) is 116 Å². The van der Waals surface area contributed by atoms with Gasteiger partial charge in [-0.2, -0.15) is 5.26 Å². The van der Waals surface area contributed by atoms with Crippen LogP contribution >= 0.6 is 0 Å². The number of nitrogens with two attached hydrogens (primary N) is 2. The van der Waals surface area contributed by atoms with E-state index in [0.717, 1.165) is 106 Å². The summed E-state index contributed by atoms with van der Waals surface area (Å²) in [5.41, 5.74) is 16.2. The molecule has 4 fully saturated rings. The fourth-order valence-corrected chi connectivity index (χ4v) is 10.3. The second kappa shape index (κ2) is 40.6. The van der Waals surface area contributed by atoms with E-state index in [-0.39, 0.29) is 30.1 Å². The first-order chi connectivity index (χ1) is 46.0. The molecule has 0 unspecified atom stereocenters. The van der Waals surface area contributed by atoms with Crippen LogP contribution in [-0.2, 0) is 34.9 Å². The molecule has 0 atom stereocenters. The van der Waals surface area contributed by atoms with Gasteiger partial charge in [0, 0.05) is 47.6 Å². The van der Waals surface area contributed by atoms with Gasteiger partial charge in [0.1, 0.15) is 28.2 Å². The lowest BCUT2D eigenvalue weighted by Crippen LogP contribution is -2.42. The molecule has 5 aromatic rings. The minimum atomic E-state index is -1.06. The minimum absolute atomic E-state index is 0.0428. The number of nitrogens with zero attached hydrogens (tertiary/aromatic N) is 6. The van der Waals surface area contributed by atoms with Gasteiger partial charge in [0.15, 0.2) is 17.2 Å². The van der Waals surface area contributed by atoms with E-state index in [0.29, 0.717) is 33.8 Å². The van der Waals surface area contributed by atoms with E-state index in [1.165, 1.54) is 37.7 Å². The summed E-state index contributed by atoms with van der Waals surface area (Å²) < 4.78 is 24.9. The van der Waals surface area contributed by atoms with Gasteiger partial charge >= 0.3 is 30.5 Å². The summed E-state index contributed by atoms with van der Waals surface area (Å²) in [4.78, 5) is 78.0. The summed E-state index contributed by atoms with van der Waals surface area (Å²) in [6.07, 6.45) is 16.5. The molecule has 0 saturated heterocycles. The van der Waals surface area contributed by atoms with Crippen LogP contribution in [0.15, 0.2) is 126 Å². The van der Waals surface area contributed by atoms with Crippen molar-refractivity contribution in [1.29, 1.82) is 5.26 Å². The first-order valence-electron chi connectivity index (χ1n) is 33.3. The Labute approximate surface area is 580 Å². The lowest BCUT2D eigenvalue weighted by molar-refractivity contribution is -0.117. The largest absolute Gasteiger partial charge is 0.519 e. The molecule has 0 heterocycles. The molecule has 0 radical (unpaired) electrons. The Hall–Kier alpha value is -9.94. The molecule has 0 aliphatic heterocycles. The van der Waals surface area contributed by atoms with Gasteiger partial charge in [0.25, 0.3) is 0 Å². The molecule has 0 aromatic heterocycles. The number of aryl methyl sites for hydroxylation is 1. The topological polar surface area (TPSA) is 292 Å². The molecule has 98 heavy (non-hydrogen) atoms. The number of carboxylic acids is 1. The maximum absolute atomic E-state index is 12.6. The molecule has 528 valence electrons. The second-order valence-electron chi connectivity index (χ2n) is 28.1. The Morgan fingerprint density at radius 3 is 1.26 bits per heavy atom. The van der Waals surface area contributed by atoms with E-state index < -0.39 is 40.7 Å². The summed E-state index contributed by atoms with van der Waals surface area (Å²) in [6, 6.07) is 38.2. The highest BCUT2D eigenvalue weighted by Crippen LogP contribution is 2.33. The van der Waals surface area contributed by atoms with Crippen molar-refractivity contribution in [2.75, 3.05) is 15.5 Å². The number of nitriles is 1. The molecule has 0 bridgehead atoms. The number of Topliss-reactive ketones (excluding diaryl/α,β-unsaturated/α-hetero) is 1. The van der Waals surface area contributed by atoms with Crippen LogP contribution in [0.1, 0.15) is 218 Å². The number of oxime groups is 1. The average Bonchev–Trinajstić information content (AvgIpc) is 1.42. The van der Waals surface area contributed by atoms with E-state index in [1.807, 2.05) is 78.8 Å². The number of hydrogen-bond donors (Lipinski definition) is 4. The number of aromatic carboxylic acids is 1.